The van der Waals surface area contributed by atoms with E-state index in [1.54, 1.807) is 18.2 Å². The van der Waals surface area contributed by atoms with Crippen molar-refractivity contribution in [1.82, 2.24) is 10.2 Å². The summed E-state index contributed by atoms with van der Waals surface area (Å²) in [7, 11) is 0. The van der Waals surface area contributed by atoms with Crippen LogP contribution in [0.5, 0.6) is 11.6 Å². The molecule has 0 atom stereocenters. The Balaban J connectivity index is 2.41. The maximum absolute atomic E-state index is 11.6. The van der Waals surface area contributed by atoms with Crippen molar-refractivity contribution in [2.24, 2.45) is 0 Å². The van der Waals surface area contributed by atoms with Crippen molar-refractivity contribution < 1.29 is 4.74 Å². The lowest BCUT2D eigenvalue weighted by Gasteiger charge is -2.11. The van der Waals surface area contributed by atoms with Gasteiger partial charge in [-0.25, -0.2) is 5.10 Å². The highest BCUT2D eigenvalue weighted by Crippen LogP contribution is 2.36. The van der Waals surface area contributed by atoms with Crippen molar-refractivity contribution in [1.29, 1.82) is 0 Å². The zero-order valence-electron chi connectivity index (χ0n) is 11.3. The van der Waals surface area contributed by atoms with Crippen LogP contribution in [0.4, 0.5) is 0 Å². The molecule has 1 heterocycles. The molecule has 1 N–H and O–H groups in total. The number of rotatable bonds is 3. The lowest BCUT2D eigenvalue weighted by molar-refractivity contribution is 0.452. The zero-order valence-corrected chi connectivity index (χ0v) is 12.8. The first-order valence-corrected chi connectivity index (χ1v) is 6.87. The Morgan fingerprint density at radius 3 is 2.35 bits per heavy atom. The van der Waals surface area contributed by atoms with E-state index >= 15 is 0 Å². The number of aryl methyl sites for hydroxylation is 1. The van der Waals surface area contributed by atoms with Gasteiger partial charge in [-0.15, -0.1) is 5.10 Å². The molecule has 1 aromatic carbocycles. The largest absolute Gasteiger partial charge is 0.434 e. The van der Waals surface area contributed by atoms with E-state index in [1.165, 1.54) is 0 Å². The summed E-state index contributed by atoms with van der Waals surface area (Å²) in [5.74, 6) is 0.641. The summed E-state index contributed by atoms with van der Waals surface area (Å²) in [4.78, 5) is 11.6. The summed E-state index contributed by atoms with van der Waals surface area (Å²) >= 11 is 12.2. The highest BCUT2D eigenvalue weighted by molar-refractivity contribution is 6.37. The second kappa shape index (κ2) is 5.85. The van der Waals surface area contributed by atoms with Crippen molar-refractivity contribution in [3.05, 3.63) is 49.7 Å². The molecule has 0 fully saturated rings. The lowest BCUT2D eigenvalue weighted by Crippen LogP contribution is -2.15. The van der Waals surface area contributed by atoms with Gasteiger partial charge in [0.2, 0.25) is 5.88 Å². The Morgan fingerprint density at radius 1 is 1.20 bits per heavy atom. The third-order valence-corrected chi connectivity index (χ3v) is 3.34. The van der Waals surface area contributed by atoms with Crippen LogP contribution in [0.3, 0.4) is 0 Å². The summed E-state index contributed by atoms with van der Waals surface area (Å²) < 4.78 is 5.60. The molecule has 0 aliphatic carbocycles. The van der Waals surface area contributed by atoms with Gasteiger partial charge >= 0.3 is 0 Å². The third-order valence-electron chi connectivity index (χ3n) is 2.78. The van der Waals surface area contributed by atoms with Gasteiger partial charge in [0.25, 0.3) is 5.56 Å². The standard InChI is InChI=1S/C14H14Cl2N2O2/c1-7(2)9-6-12(17-18-14(9)19)20-13-10(15)4-8(3)5-11(13)16/h4-7H,1-3H3,(H,18,19). The van der Waals surface area contributed by atoms with E-state index in [9.17, 15) is 4.79 Å². The molecule has 0 aliphatic rings. The number of halogens is 2. The molecule has 0 unspecified atom stereocenters. The van der Waals surface area contributed by atoms with E-state index in [0.29, 0.717) is 21.4 Å². The van der Waals surface area contributed by atoms with Gasteiger partial charge in [-0.1, -0.05) is 37.0 Å². The van der Waals surface area contributed by atoms with Gasteiger partial charge in [0.15, 0.2) is 5.75 Å². The summed E-state index contributed by atoms with van der Waals surface area (Å²) in [6.07, 6.45) is 0. The second-order valence-corrected chi connectivity index (χ2v) is 5.62. The molecular weight excluding hydrogens is 299 g/mol. The normalized spacial score (nSPS) is 10.9. The van der Waals surface area contributed by atoms with Gasteiger partial charge in [0.05, 0.1) is 10.0 Å². The quantitative estimate of drug-likeness (QED) is 0.919. The highest BCUT2D eigenvalue weighted by Gasteiger charge is 2.13. The third kappa shape index (κ3) is 3.14. The maximum Gasteiger partial charge on any atom is 0.267 e. The minimum atomic E-state index is -0.228. The zero-order chi connectivity index (χ0) is 14.9. The van der Waals surface area contributed by atoms with Crippen LogP contribution in [-0.4, -0.2) is 10.2 Å². The summed E-state index contributed by atoms with van der Waals surface area (Å²) in [5, 5.41) is 7.04. The number of nitrogens with zero attached hydrogens (tertiary/aromatic N) is 1. The number of hydrogen-bond donors (Lipinski definition) is 1. The SMILES string of the molecule is Cc1cc(Cl)c(Oc2cc(C(C)C)c(=O)[nH]n2)c(Cl)c1. The molecule has 0 bridgehead atoms. The molecule has 2 aromatic rings. The average Bonchev–Trinajstić information content (AvgIpc) is 2.35. The van der Waals surface area contributed by atoms with Gasteiger partial charge < -0.3 is 4.74 Å². The van der Waals surface area contributed by atoms with Crippen LogP contribution in [0, 0.1) is 6.92 Å². The van der Waals surface area contributed by atoms with Gasteiger partial charge in [-0.05, 0) is 30.5 Å². The van der Waals surface area contributed by atoms with Crippen LogP contribution in [0.15, 0.2) is 23.0 Å². The smallest absolute Gasteiger partial charge is 0.267 e. The molecule has 4 nitrogen and oxygen atoms in total. The van der Waals surface area contributed by atoms with Crippen molar-refractivity contribution in [3.8, 4) is 11.6 Å². The lowest BCUT2D eigenvalue weighted by atomic mass is 10.1. The topological polar surface area (TPSA) is 55.0 Å². The monoisotopic (exact) mass is 312 g/mol. The minimum Gasteiger partial charge on any atom is -0.434 e. The van der Waals surface area contributed by atoms with E-state index in [-0.39, 0.29) is 17.4 Å². The summed E-state index contributed by atoms with van der Waals surface area (Å²) in [5.41, 5.74) is 1.30. The van der Waals surface area contributed by atoms with E-state index in [2.05, 4.69) is 10.2 Å². The van der Waals surface area contributed by atoms with Gasteiger partial charge in [0.1, 0.15) is 0 Å². The molecule has 0 aliphatic heterocycles. The fourth-order valence-electron chi connectivity index (χ4n) is 1.77. The number of hydrogen-bond acceptors (Lipinski definition) is 3. The Kier molecular flexibility index (Phi) is 4.35. The van der Waals surface area contributed by atoms with Crippen molar-refractivity contribution >= 4 is 23.2 Å². The Labute approximate surface area is 126 Å². The Hall–Kier alpha value is -1.52. The van der Waals surface area contributed by atoms with E-state index in [1.807, 2.05) is 20.8 Å². The first-order chi connectivity index (χ1) is 9.38. The molecule has 0 spiro atoms. The van der Waals surface area contributed by atoms with E-state index in [0.717, 1.165) is 5.56 Å². The number of nitrogens with one attached hydrogen (secondary N) is 1. The van der Waals surface area contributed by atoms with Crippen molar-refractivity contribution in [3.63, 3.8) is 0 Å². The maximum atomic E-state index is 11.6. The molecule has 106 valence electrons. The predicted molar refractivity (Wildman–Crippen MR) is 80.2 cm³/mol. The predicted octanol–water partition coefficient (Wildman–Crippen LogP) is 4.30. The Morgan fingerprint density at radius 2 is 1.80 bits per heavy atom. The molecule has 0 saturated carbocycles. The van der Waals surface area contributed by atoms with Crippen LogP contribution < -0.4 is 10.3 Å². The van der Waals surface area contributed by atoms with Gasteiger partial charge in [0, 0.05) is 11.6 Å². The van der Waals surface area contributed by atoms with Gasteiger partial charge in [-0.2, -0.15) is 0 Å². The number of H-pyrrole nitrogens is 1. The number of benzene rings is 1. The molecule has 0 saturated heterocycles. The van der Waals surface area contributed by atoms with Crippen molar-refractivity contribution in [2.45, 2.75) is 26.7 Å². The van der Waals surface area contributed by atoms with Crippen LogP contribution in [0.2, 0.25) is 10.0 Å². The molecule has 2 rings (SSSR count). The molecule has 1 aromatic heterocycles. The fourth-order valence-corrected chi connectivity index (χ4v) is 2.44. The van der Waals surface area contributed by atoms with Crippen LogP contribution >= 0.6 is 23.2 Å². The second-order valence-electron chi connectivity index (χ2n) is 4.81. The fraction of sp³-hybridized carbons (Fsp3) is 0.286. The van der Waals surface area contributed by atoms with Crippen LogP contribution in [0.1, 0.15) is 30.9 Å². The molecule has 20 heavy (non-hydrogen) atoms. The molecule has 6 heteroatoms. The molecule has 0 amide bonds. The van der Waals surface area contributed by atoms with Crippen molar-refractivity contribution in [2.75, 3.05) is 0 Å². The summed E-state index contributed by atoms with van der Waals surface area (Å²) in [6.45, 7) is 5.72. The number of aromatic amines is 1. The Bertz CT molecular complexity index is 673. The van der Waals surface area contributed by atoms with E-state index < -0.39 is 0 Å². The van der Waals surface area contributed by atoms with E-state index in [4.69, 9.17) is 27.9 Å². The summed E-state index contributed by atoms with van der Waals surface area (Å²) in [6, 6.07) is 5.09. The first kappa shape index (κ1) is 14.9. The molecule has 0 radical (unpaired) electrons. The number of ether oxygens (including phenoxy) is 1. The first-order valence-electron chi connectivity index (χ1n) is 6.11. The number of aromatic nitrogens is 2. The molecular formula is C14H14Cl2N2O2. The highest BCUT2D eigenvalue weighted by atomic mass is 35.5. The van der Waals surface area contributed by atoms with Crippen LogP contribution in [-0.2, 0) is 0 Å². The minimum absolute atomic E-state index is 0.0630. The average molecular weight is 313 g/mol. The van der Waals surface area contributed by atoms with Gasteiger partial charge in [-0.3, -0.25) is 4.79 Å². The van der Waals surface area contributed by atoms with Crippen LogP contribution in [0.25, 0.3) is 0 Å².